The summed E-state index contributed by atoms with van der Waals surface area (Å²) in [6.45, 7) is 6.85. The Morgan fingerprint density at radius 2 is 1.74 bits per heavy atom. The highest BCUT2D eigenvalue weighted by molar-refractivity contribution is 6.30. The number of aryl methyl sites for hydroxylation is 2. The Kier molecular flexibility index (Phi) is 6.11. The number of ether oxygens (including phenoxy) is 2. The van der Waals surface area contributed by atoms with E-state index in [1.54, 1.807) is 7.11 Å². The Balaban J connectivity index is 1.54. The topological polar surface area (TPSA) is 42.0 Å². The van der Waals surface area contributed by atoms with Gasteiger partial charge in [-0.2, -0.15) is 0 Å². The molecule has 2 aromatic rings. The van der Waals surface area contributed by atoms with Crippen LogP contribution >= 0.6 is 11.6 Å². The van der Waals surface area contributed by atoms with E-state index in [1.807, 2.05) is 49.1 Å². The van der Waals surface area contributed by atoms with Crippen molar-refractivity contribution in [2.75, 3.05) is 44.8 Å². The Labute approximate surface area is 165 Å². The number of nitrogens with zero attached hydrogens (tertiary/aromatic N) is 2. The summed E-state index contributed by atoms with van der Waals surface area (Å²) in [4.78, 5) is 16.7. The van der Waals surface area contributed by atoms with Crippen molar-refractivity contribution in [3.05, 3.63) is 52.5 Å². The van der Waals surface area contributed by atoms with Crippen LogP contribution in [-0.2, 0) is 4.79 Å². The van der Waals surface area contributed by atoms with Gasteiger partial charge >= 0.3 is 0 Å². The first-order valence-corrected chi connectivity index (χ1v) is 9.42. The highest BCUT2D eigenvalue weighted by Gasteiger charge is 2.22. The van der Waals surface area contributed by atoms with E-state index >= 15 is 0 Å². The smallest absolute Gasteiger partial charge is 0.260 e. The molecular weight excluding hydrogens is 364 g/mol. The Morgan fingerprint density at radius 3 is 2.37 bits per heavy atom. The molecule has 0 unspecified atom stereocenters. The molecule has 6 heteroatoms. The lowest BCUT2D eigenvalue weighted by Gasteiger charge is -2.36. The summed E-state index contributed by atoms with van der Waals surface area (Å²) in [7, 11) is 1.67. The van der Waals surface area contributed by atoms with Crippen LogP contribution in [0.25, 0.3) is 0 Å². The van der Waals surface area contributed by atoms with E-state index in [4.69, 9.17) is 21.1 Å². The van der Waals surface area contributed by atoms with Gasteiger partial charge in [0.2, 0.25) is 0 Å². The summed E-state index contributed by atoms with van der Waals surface area (Å²) in [5, 5.41) is 0.678. The molecular formula is C21H25ClN2O3. The molecule has 0 bridgehead atoms. The maximum Gasteiger partial charge on any atom is 0.260 e. The van der Waals surface area contributed by atoms with Gasteiger partial charge < -0.3 is 19.3 Å². The number of carbonyl (C=O) groups is 1. The highest BCUT2D eigenvalue weighted by atomic mass is 35.5. The van der Waals surface area contributed by atoms with Crippen molar-refractivity contribution >= 4 is 23.2 Å². The number of carbonyl (C=O) groups excluding carboxylic acids is 1. The standard InChI is InChI=1S/C21H25ClN2O3/c1-15-11-17(22)12-16(2)21(15)27-14-20(25)24-9-7-23(8-10-24)18-5-4-6-19(13-18)26-3/h4-6,11-13H,7-10,14H2,1-3H3. The Morgan fingerprint density at radius 1 is 1.07 bits per heavy atom. The molecule has 0 atom stereocenters. The summed E-state index contributed by atoms with van der Waals surface area (Å²) >= 11 is 6.05. The molecule has 0 spiro atoms. The third-order valence-electron chi connectivity index (χ3n) is 4.82. The number of anilines is 1. The van der Waals surface area contributed by atoms with Gasteiger partial charge in [0.1, 0.15) is 11.5 Å². The molecule has 0 aliphatic carbocycles. The number of amides is 1. The number of piperazine rings is 1. The van der Waals surface area contributed by atoms with Gasteiger partial charge in [-0.3, -0.25) is 4.79 Å². The third kappa shape index (κ3) is 4.66. The zero-order valence-electron chi connectivity index (χ0n) is 16.0. The Bertz CT molecular complexity index is 794. The minimum absolute atomic E-state index is 0.00837. The fourth-order valence-corrected chi connectivity index (χ4v) is 3.70. The first kappa shape index (κ1) is 19.4. The fraction of sp³-hybridized carbons (Fsp3) is 0.381. The molecule has 0 radical (unpaired) electrons. The van der Waals surface area contributed by atoms with Gasteiger partial charge in [0.15, 0.2) is 6.61 Å². The number of halogens is 1. The van der Waals surface area contributed by atoms with Gasteiger partial charge in [0.05, 0.1) is 7.11 Å². The van der Waals surface area contributed by atoms with E-state index < -0.39 is 0 Å². The van der Waals surface area contributed by atoms with Crippen LogP contribution in [0.2, 0.25) is 5.02 Å². The minimum atomic E-state index is 0.00837. The molecule has 1 amide bonds. The third-order valence-corrected chi connectivity index (χ3v) is 5.03. The van der Waals surface area contributed by atoms with E-state index in [0.29, 0.717) is 18.1 Å². The summed E-state index contributed by atoms with van der Waals surface area (Å²) < 4.78 is 11.1. The minimum Gasteiger partial charge on any atom is -0.497 e. The predicted octanol–water partition coefficient (Wildman–Crippen LogP) is 3.69. The molecule has 1 aliphatic rings. The second kappa shape index (κ2) is 8.53. The van der Waals surface area contributed by atoms with Crippen LogP contribution in [0.15, 0.2) is 36.4 Å². The Hall–Kier alpha value is -2.40. The molecule has 0 N–H and O–H groups in total. The molecule has 0 aromatic heterocycles. The lowest BCUT2D eigenvalue weighted by atomic mass is 10.1. The largest absolute Gasteiger partial charge is 0.497 e. The molecule has 1 heterocycles. The molecule has 0 saturated carbocycles. The molecule has 1 aliphatic heterocycles. The van der Waals surface area contributed by atoms with Crippen LogP contribution in [0, 0.1) is 13.8 Å². The maximum absolute atomic E-state index is 12.5. The van der Waals surface area contributed by atoms with Crippen molar-refractivity contribution in [3.63, 3.8) is 0 Å². The second-order valence-electron chi connectivity index (χ2n) is 6.73. The number of hydrogen-bond acceptors (Lipinski definition) is 4. The van der Waals surface area contributed by atoms with E-state index in [-0.39, 0.29) is 12.5 Å². The molecule has 1 saturated heterocycles. The number of rotatable bonds is 5. The normalized spacial score (nSPS) is 14.2. The fourth-order valence-electron chi connectivity index (χ4n) is 3.37. The molecule has 5 nitrogen and oxygen atoms in total. The molecule has 1 fully saturated rings. The molecule has 2 aromatic carbocycles. The van der Waals surface area contributed by atoms with Crippen molar-refractivity contribution < 1.29 is 14.3 Å². The summed E-state index contributed by atoms with van der Waals surface area (Å²) in [6, 6.07) is 11.7. The van der Waals surface area contributed by atoms with Gasteiger partial charge in [0.25, 0.3) is 5.91 Å². The van der Waals surface area contributed by atoms with Crippen LogP contribution in [0.3, 0.4) is 0 Å². The SMILES string of the molecule is COc1cccc(N2CCN(C(=O)COc3c(C)cc(Cl)cc3C)CC2)c1. The summed E-state index contributed by atoms with van der Waals surface area (Å²) in [5.74, 6) is 1.59. The van der Waals surface area contributed by atoms with Gasteiger partial charge in [-0.25, -0.2) is 0 Å². The molecule has 27 heavy (non-hydrogen) atoms. The van der Waals surface area contributed by atoms with Gasteiger partial charge in [-0.1, -0.05) is 17.7 Å². The zero-order chi connectivity index (χ0) is 19.4. The average molecular weight is 389 g/mol. The second-order valence-corrected chi connectivity index (χ2v) is 7.16. The van der Waals surface area contributed by atoms with E-state index in [0.717, 1.165) is 41.4 Å². The van der Waals surface area contributed by atoms with Gasteiger partial charge in [-0.15, -0.1) is 0 Å². The maximum atomic E-state index is 12.5. The number of hydrogen-bond donors (Lipinski definition) is 0. The average Bonchev–Trinajstić information content (AvgIpc) is 2.67. The van der Waals surface area contributed by atoms with Crippen molar-refractivity contribution in [1.82, 2.24) is 4.90 Å². The van der Waals surface area contributed by atoms with Crippen molar-refractivity contribution in [1.29, 1.82) is 0 Å². The monoisotopic (exact) mass is 388 g/mol. The van der Waals surface area contributed by atoms with Gasteiger partial charge in [0, 0.05) is 43.0 Å². The summed E-state index contributed by atoms with van der Waals surface area (Å²) in [6.07, 6.45) is 0. The number of benzene rings is 2. The van der Waals surface area contributed by atoms with Gasteiger partial charge in [-0.05, 0) is 49.2 Å². The van der Waals surface area contributed by atoms with E-state index in [9.17, 15) is 4.79 Å². The highest BCUT2D eigenvalue weighted by Crippen LogP contribution is 2.27. The summed E-state index contributed by atoms with van der Waals surface area (Å²) in [5.41, 5.74) is 3.00. The zero-order valence-corrected chi connectivity index (χ0v) is 16.8. The molecule has 144 valence electrons. The van der Waals surface area contributed by atoms with Crippen molar-refractivity contribution in [2.24, 2.45) is 0 Å². The van der Waals surface area contributed by atoms with Crippen LogP contribution in [0.1, 0.15) is 11.1 Å². The van der Waals surface area contributed by atoms with Crippen molar-refractivity contribution in [2.45, 2.75) is 13.8 Å². The van der Waals surface area contributed by atoms with Crippen LogP contribution in [0.5, 0.6) is 11.5 Å². The first-order chi connectivity index (χ1) is 13.0. The van der Waals surface area contributed by atoms with Crippen LogP contribution in [0.4, 0.5) is 5.69 Å². The van der Waals surface area contributed by atoms with Crippen LogP contribution in [-0.4, -0.2) is 50.7 Å². The number of methoxy groups -OCH3 is 1. The lowest BCUT2D eigenvalue weighted by molar-refractivity contribution is -0.133. The van der Waals surface area contributed by atoms with E-state index in [2.05, 4.69) is 11.0 Å². The predicted molar refractivity (Wildman–Crippen MR) is 108 cm³/mol. The lowest BCUT2D eigenvalue weighted by Crippen LogP contribution is -2.50. The van der Waals surface area contributed by atoms with Crippen LogP contribution < -0.4 is 14.4 Å². The first-order valence-electron chi connectivity index (χ1n) is 9.04. The molecule has 3 rings (SSSR count). The van der Waals surface area contributed by atoms with Crippen molar-refractivity contribution in [3.8, 4) is 11.5 Å². The van der Waals surface area contributed by atoms with E-state index in [1.165, 1.54) is 0 Å². The quantitative estimate of drug-likeness (QED) is 0.783.